The van der Waals surface area contributed by atoms with E-state index in [9.17, 15) is 21.9 Å². The molecule has 1 heterocycles. The molecule has 2 aliphatic rings. The maximum absolute atomic E-state index is 12.5. The van der Waals surface area contributed by atoms with Crippen molar-refractivity contribution in [3.8, 4) is 0 Å². The van der Waals surface area contributed by atoms with E-state index in [1.807, 2.05) is 6.08 Å². The van der Waals surface area contributed by atoms with Gasteiger partial charge in [-0.1, -0.05) is 18.2 Å². The first-order chi connectivity index (χ1) is 11.3. The molecule has 0 aromatic heterocycles. The van der Waals surface area contributed by atoms with Gasteiger partial charge < -0.3 is 5.11 Å². The van der Waals surface area contributed by atoms with Gasteiger partial charge in [0.1, 0.15) is 0 Å². The standard InChI is InChI=1S/C15H18N2O5S2/c18-13-10-17(11-13)24(21,22)15-8-4-7-14(9-15)23(19,20)16-12-5-2-1-3-6-12/h1-2,4-5,7-9,13,16,18H,3,6,10-11H2. The van der Waals surface area contributed by atoms with Crippen LogP contribution in [-0.2, 0) is 20.0 Å². The highest BCUT2D eigenvalue weighted by Gasteiger charge is 2.36. The average molecular weight is 370 g/mol. The third-order valence-electron chi connectivity index (χ3n) is 3.86. The Morgan fingerprint density at radius 1 is 1.12 bits per heavy atom. The summed E-state index contributed by atoms with van der Waals surface area (Å²) < 4.78 is 53.3. The summed E-state index contributed by atoms with van der Waals surface area (Å²) in [5.41, 5.74) is 0.566. The van der Waals surface area contributed by atoms with Crippen molar-refractivity contribution in [1.82, 2.24) is 9.03 Å². The quantitative estimate of drug-likeness (QED) is 0.788. The number of benzene rings is 1. The minimum absolute atomic E-state index is 0.0246. The molecule has 3 rings (SSSR count). The van der Waals surface area contributed by atoms with Gasteiger partial charge in [0.2, 0.25) is 10.0 Å². The second-order valence-corrected chi connectivity index (χ2v) is 9.34. The zero-order valence-corrected chi connectivity index (χ0v) is 14.4. The molecule has 0 saturated carbocycles. The first kappa shape index (κ1) is 17.2. The van der Waals surface area contributed by atoms with E-state index in [4.69, 9.17) is 0 Å². The topological polar surface area (TPSA) is 104 Å². The Morgan fingerprint density at radius 2 is 1.83 bits per heavy atom. The number of β-amino-alcohol motifs (C(OH)–C–C–N with tert-alkyl or cyclic N) is 1. The van der Waals surface area contributed by atoms with Crippen molar-refractivity contribution in [3.63, 3.8) is 0 Å². The summed E-state index contributed by atoms with van der Waals surface area (Å²) in [6.45, 7) is 0.0492. The van der Waals surface area contributed by atoms with Crippen LogP contribution in [-0.4, -0.2) is 45.4 Å². The van der Waals surface area contributed by atoms with E-state index in [2.05, 4.69) is 4.72 Å². The SMILES string of the molecule is O=S(=O)(NC1=CC=CCC1)c1cccc(S(=O)(=O)N2CC(O)C2)c1. The van der Waals surface area contributed by atoms with E-state index < -0.39 is 26.2 Å². The number of rotatable bonds is 5. The van der Waals surface area contributed by atoms with Crippen LogP contribution in [0, 0.1) is 0 Å². The second kappa shape index (κ2) is 6.32. The molecular weight excluding hydrogens is 352 g/mol. The first-order valence-corrected chi connectivity index (χ1v) is 10.4. The molecule has 1 aliphatic carbocycles. The van der Waals surface area contributed by atoms with Crippen molar-refractivity contribution in [1.29, 1.82) is 0 Å². The Balaban J connectivity index is 1.87. The molecule has 0 radical (unpaired) electrons. The maximum Gasteiger partial charge on any atom is 0.261 e. The first-order valence-electron chi connectivity index (χ1n) is 7.46. The third kappa shape index (κ3) is 3.39. The molecule has 7 nitrogen and oxygen atoms in total. The fourth-order valence-electron chi connectivity index (χ4n) is 2.48. The number of hydrogen-bond acceptors (Lipinski definition) is 5. The molecule has 130 valence electrons. The van der Waals surface area contributed by atoms with Crippen LogP contribution in [0.5, 0.6) is 0 Å². The summed E-state index contributed by atoms with van der Waals surface area (Å²) in [5, 5.41) is 9.27. The van der Waals surface area contributed by atoms with E-state index in [0.717, 1.165) is 16.8 Å². The van der Waals surface area contributed by atoms with Gasteiger partial charge >= 0.3 is 0 Å². The third-order valence-corrected chi connectivity index (χ3v) is 7.09. The van der Waals surface area contributed by atoms with Gasteiger partial charge in [-0.2, -0.15) is 4.31 Å². The number of allylic oxidation sites excluding steroid dienone is 4. The zero-order valence-electron chi connectivity index (χ0n) is 12.8. The van der Waals surface area contributed by atoms with Gasteiger partial charge in [-0.25, -0.2) is 16.8 Å². The zero-order chi connectivity index (χ0) is 17.4. The molecule has 1 aromatic rings. The van der Waals surface area contributed by atoms with Crippen molar-refractivity contribution in [2.24, 2.45) is 0 Å². The number of hydrogen-bond donors (Lipinski definition) is 2. The van der Waals surface area contributed by atoms with Crippen molar-refractivity contribution in [3.05, 3.63) is 48.2 Å². The fraction of sp³-hybridized carbons (Fsp3) is 0.333. The Labute approximate surface area is 141 Å². The minimum atomic E-state index is -3.85. The lowest BCUT2D eigenvalue weighted by Gasteiger charge is -2.34. The van der Waals surface area contributed by atoms with Gasteiger partial charge in [0, 0.05) is 18.8 Å². The van der Waals surface area contributed by atoms with E-state index >= 15 is 0 Å². The highest BCUT2D eigenvalue weighted by atomic mass is 32.2. The summed E-state index contributed by atoms with van der Waals surface area (Å²) >= 11 is 0. The van der Waals surface area contributed by atoms with Crippen molar-refractivity contribution in [2.75, 3.05) is 13.1 Å². The molecular formula is C15H18N2O5S2. The molecule has 0 bridgehead atoms. The Bertz CT molecular complexity index is 898. The summed E-state index contributed by atoms with van der Waals surface area (Å²) in [6, 6.07) is 5.24. The summed E-state index contributed by atoms with van der Waals surface area (Å²) in [5.74, 6) is 0. The van der Waals surface area contributed by atoms with Gasteiger partial charge in [0.15, 0.2) is 0 Å². The van der Waals surface area contributed by atoms with E-state index in [-0.39, 0.29) is 22.9 Å². The number of aliphatic hydroxyl groups is 1. The molecule has 1 saturated heterocycles. The Hall–Kier alpha value is -1.68. The molecule has 0 atom stereocenters. The summed E-state index contributed by atoms with van der Waals surface area (Å²) in [4.78, 5) is -0.213. The lowest BCUT2D eigenvalue weighted by molar-refractivity contribution is 0.0548. The van der Waals surface area contributed by atoms with Crippen molar-refractivity contribution >= 4 is 20.0 Å². The highest BCUT2D eigenvalue weighted by Crippen LogP contribution is 2.24. The van der Waals surface area contributed by atoms with Crippen molar-refractivity contribution in [2.45, 2.75) is 28.7 Å². The second-order valence-electron chi connectivity index (χ2n) is 5.71. The molecule has 0 unspecified atom stereocenters. The van der Waals surface area contributed by atoms with E-state index in [1.165, 1.54) is 18.2 Å². The molecule has 0 amide bonds. The Morgan fingerprint density at radius 3 is 2.46 bits per heavy atom. The van der Waals surface area contributed by atoms with Crippen molar-refractivity contribution < 1.29 is 21.9 Å². The normalized spacial score (nSPS) is 19.6. The molecule has 1 aromatic carbocycles. The van der Waals surface area contributed by atoms with E-state index in [0.29, 0.717) is 12.1 Å². The maximum atomic E-state index is 12.5. The van der Waals surface area contributed by atoms with Gasteiger partial charge in [-0.05, 0) is 37.1 Å². The monoisotopic (exact) mass is 370 g/mol. The largest absolute Gasteiger partial charge is 0.390 e. The number of nitrogens with zero attached hydrogens (tertiary/aromatic N) is 1. The van der Waals surface area contributed by atoms with Gasteiger partial charge in [0.05, 0.1) is 15.9 Å². The van der Waals surface area contributed by atoms with Crippen LogP contribution < -0.4 is 4.72 Å². The van der Waals surface area contributed by atoms with Crippen LogP contribution >= 0.6 is 0 Å². The van der Waals surface area contributed by atoms with Gasteiger partial charge in [0.25, 0.3) is 10.0 Å². The molecule has 24 heavy (non-hydrogen) atoms. The van der Waals surface area contributed by atoms with Crippen LogP contribution in [0.3, 0.4) is 0 Å². The summed E-state index contributed by atoms with van der Waals surface area (Å²) in [6.07, 6.45) is 6.06. The molecule has 1 fully saturated rings. The minimum Gasteiger partial charge on any atom is -0.390 e. The molecule has 9 heteroatoms. The smallest absolute Gasteiger partial charge is 0.261 e. The Kier molecular flexibility index (Phi) is 4.52. The van der Waals surface area contributed by atoms with Crippen LogP contribution in [0.2, 0.25) is 0 Å². The number of nitrogens with one attached hydrogen (secondary N) is 1. The molecule has 0 spiro atoms. The van der Waals surface area contributed by atoms with Gasteiger partial charge in [-0.3, -0.25) is 4.72 Å². The van der Waals surface area contributed by atoms with Crippen LogP contribution in [0.4, 0.5) is 0 Å². The molecule has 1 aliphatic heterocycles. The number of sulfonamides is 2. The highest BCUT2D eigenvalue weighted by molar-refractivity contribution is 7.90. The fourth-order valence-corrected chi connectivity index (χ4v) is 5.29. The molecule has 2 N–H and O–H groups in total. The van der Waals surface area contributed by atoms with E-state index in [1.54, 1.807) is 12.2 Å². The average Bonchev–Trinajstić information content (AvgIpc) is 2.52. The predicted molar refractivity (Wildman–Crippen MR) is 88.0 cm³/mol. The lowest BCUT2D eigenvalue weighted by atomic mass is 10.1. The lowest BCUT2D eigenvalue weighted by Crippen LogP contribution is -2.53. The van der Waals surface area contributed by atoms with Crippen LogP contribution in [0.1, 0.15) is 12.8 Å². The predicted octanol–water partition coefficient (Wildman–Crippen LogP) is 0.564. The summed E-state index contributed by atoms with van der Waals surface area (Å²) in [7, 11) is -7.65. The van der Waals surface area contributed by atoms with Crippen LogP contribution in [0.15, 0.2) is 58.0 Å². The van der Waals surface area contributed by atoms with Crippen LogP contribution in [0.25, 0.3) is 0 Å². The van der Waals surface area contributed by atoms with Gasteiger partial charge in [-0.15, -0.1) is 0 Å². The number of aliphatic hydroxyl groups excluding tert-OH is 1.